The second-order valence-electron chi connectivity index (χ2n) is 9.07. The van der Waals surface area contributed by atoms with Gasteiger partial charge in [0.2, 0.25) is 0 Å². The lowest BCUT2D eigenvalue weighted by Gasteiger charge is -2.28. The Morgan fingerprint density at radius 2 is 1.46 bits per heavy atom. The summed E-state index contributed by atoms with van der Waals surface area (Å²) in [4.78, 5) is 2.45. The maximum absolute atomic E-state index is 5.43. The molecule has 26 heavy (non-hydrogen) atoms. The molecule has 1 unspecified atom stereocenters. The third kappa shape index (κ3) is 11.7. The van der Waals surface area contributed by atoms with Gasteiger partial charge in [-0.3, -0.25) is 4.90 Å². The van der Waals surface area contributed by atoms with Crippen LogP contribution in [-0.4, -0.2) is 24.8 Å². The van der Waals surface area contributed by atoms with Crippen LogP contribution in [0.5, 0.6) is 0 Å². The van der Waals surface area contributed by atoms with Crippen LogP contribution in [0.2, 0.25) is 0 Å². The van der Waals surface area contributed by atoms with E-state index in [0.717, 1.165) is 6.54 Å². The van der Waals surface area contributed by atoms with Crippen molar-refractivity contribution in [3.63, 3.8) is 0 Å². The second-order valence-corrected chi connectivity index (χ2v) is 9.07. The minimum absolute atomic E-state index is 0.504. The summed E-state index contributed by atoms with van der Waals surface area (Å²) in [6, 6.07) is 11.3. The van der Waals surface area contributed by atoms with Gasteiger partial charge in [-0.1, -0.05) is 96.0 Å². The molecule has 0 saturated heterocycles. The fraction of sp³-hybridized carbons (Fsp3) is 0.750. The van der Waals surface area contributed by atoms with E-state index < -0.39 is 0 Å². The monoisotopic (exact) mass is 361 g/mol. The van der Waals surface area contributed by atoms with Crippen LogP contribution in [0.4, 0.5) is 0 Å². The van der Waals surface area contributed by atoms with Crippen molar-refractivity contribution in [1.29, 1.82) is 0 Å². The van der Waals surface area contributed by atoms with Crippen molar-refractivity contribution in [2.24, 2.45) is 5.41 Å². The highest BCUT2D eigenvalue weighted by molar-refractivity contribution is 5.14. The molecule has 1 aromatic carbocycles. The van der Waals surface area contributed by atoms with E-state index in [0.29, 0.717) is 18.2 Å². The molecular formula is C24H43NO. The zero-order valence-electron chi connectivity index (χ0n) is 18.1. The molecule has 2 nitrogen and oxygen atoms in total. The molecule has 0 saturated carbocycles. The number of benzene rings is 1. The van der Waals surface area contributed by atoms with E-state index in [-0.39, 0.29) is 0 Å². The van der Waals surface area contributed by atoms with Gasteiger partial charge in [-0.15, -0.1) is 0 Å². The Morgan fingerprint density at radius 1 is 0.885 bits per heavy atom. The van der Waals surface area contributed by atoms with Gasteiger partial charge in [0.25, 0.3) is 0 Å². The summed E-state index contributed by atoms with van der Waals surface area (Å²) in [5.74, 6) is 0. The van der Waals surface area contributed by atoms with Crippen molar-refractivity contribution in [3.05, 3.63) is 35.9 Å². The van der Waals surface area contributed by atoms with E-state index in [4.69, 9.17) is 4.74 Å². The number of nitrogens with zero attached hydrogens (tertiary/aromatic N) is 1. The van der Waals surface area contributed by atoms with Crippen molar-refractivity contribution in [2.75, 3.05) is 13.8 Å². The molecule has 0 bridgehead atoms. The lowest BCUT2D eigenvalue weighted by molar-refractivity contribution is 0.0288. The maximum Gasteiger partial charge on any atom is 0.0991 e. The Kier molecular flexibility index (Phi) is 11.9. The fourth-order valence-corrected chi connectivity index (χ4v) is 3.47. The molecule has 0 radical (unpaired) electrons. The molecule has 2 heteroatoms. The van der Waals surface area contributed by atoms with Gasteiger partial charge in [-0.2, -0.15) is 0 Å². The molecule has 0 aliphatic carbocycles. The number of rotatable bonds is 14. The minimum Gasteiger partial charge on any atom is -0.369 e. The molecule has 1 atom stereocenters. The van der Waals surface area contributed by atoms with E-state index in [1.54, 1.807) is 7.11 Å². The van der Waals surface area contributed by atoms with Crippen molar-refractivity contribution >= 4 is 0 Å². The molecule has 1 rings (SSSR count). The number of ether oxygens (including phenoxy) is 1. The first-order valence-electron chi connectivity index (χ1n) is 10.7. The van der Waals surface area contributed by atoms with E-state index in [9.17, 15) is 0 Å². The number of unbranched alkanes of at least 4 members (excludes halogenated alkanes) is 6. The van der Waals surface area contributed by atoms with Gasteiger partial charge in [0.05, 0.1) is 6.73 Å². The topological polar surface area (TPSA) is 12.5 Å². The molecule has 0 N–H and O–H groups in total. The summed E-state index contributed by atoms with van der Waals surface area (Å²) in [5, 5.41) is 0. The Morgan fingerprint density at radius 3 is 2.04 bits per heavy atom. The third-order valence-corrected chi connectivity index (χ3v) is 5.20. The highest BCUT2D eigenvalue weighted by Gasteiger charge is 2.13. The average molecular weight is 362 g/mol. The zero-order chi connectivity index (χ0) is 19.3. The first-order chi connectivity index (χ1) is 12.4. The smallest absolute Gasteiger partial charge is 0.0991 e. The van der Waals surface area contributed by atoms with Gasteiger partial charge in [0.1, 0.15) is 0 Å². The van der Waals surface area contributed by atoms with Crippen molar-refractivity contribution in [2.45, 2.75) is 98.1 Å². The second kappa shape index (κ2) is 13.3. The predicted octanol–water partition coefficient (Wildman–Crippen LogP) is 7.04. The van der Waals surface area contributed by atoms with Crippen LogP contribution in [-0.2, 0) is 11.3 Å². The molecule has 0 fully saturated rings. The standard InChI is InChI=1S/C24H43NO/c1-22(25(21-26-5)20-23-17-13-11-14-18-23)16-12-9-7-6-8-10-15-19-24(2,3)4/h11,13-14,17-18,22H,6-10,12,15-16,19-21H2,1-5H3. The first-order valence-corrected chi connectivity index (χ1v) is 10.7. The summed E-state index contributed by atoms with van der Waals surface area (Å²) in [6.07, 6.45) is 12.3. The van der Waals surface area contributed by atoms with Crippen LogP contribution in [0.1, 0.15) is 91.0 Å². The molecule has 0 aliphatic rings. The normalized spacial score (nSPS) is 13.3. The highest BCUT2D eigenvalue weighted by Crippen LogP contribution is 2.22. The predicted molar refractivity (Wildman–Crippen MR) is 114 cm³/mol. The number of hydrogen-bond donors (Lipinski definition) is 0. The fourth-order valence-electron chi connectivity index (χ4n) is 3.47. The Labute approximate surface area is 163 Å². The van der Waals surface area contributed by atoms with Gasteiger partial charge >= 0.3 is 0 Å². The van der Waals surface area contributed by atoms with Crippen LogP contribution in [0.15, 0.2) is 30.3 Å². The molecular weight excluding hydrogens is 318 g/mol. The molecule has 0 spiro atoms. The van der Waals surface area contributed by atoms with Crippen LogP contribution >= 0.6 is 0 Å². The van der Waals surface area contributed by atoms with Crippen LogP contribution in [0, 0.1) is 5.41 Å². The maximum atomic E-state index is 5.43. The van der Waals surface area contributed by atoms with Crippen molar-refractivity contribution in [1.82, 2.24) is 4.90 Å². The van der Waals surface area contributed by atoms with Gasteiger partial charge in [0, 0.05) is 19.7 Å². The summed E-state index contributed by atoms with van der Waals surface area (Å²) in [7, 11) is 1.80. The zero-order valence-corrected chi connectivity index (χ0v) is 18.1. The Hall–Kier alpha value is -0.860. The Bertz CT molecular complexity index is 437. The third-order valence-electron chi connectivity index (χ3n) is 5.20. The van der Waals surface area contributed by atoms with E-state index in [1.165, 1.54) is 63.4 Å². The van der Waals surface area contributed by atoms with Gasteiger partial charge < -0.3 is 4.74 Å². The molecule has 1 aromatic rings. The SMILES string of the molecule is COCN(Cc1ccccc1)C(C)CCCCCCCCCC(C)(C)C. The van der Waals surface area contributed by atoms with E-state index >= 15 is 0 Å². The molecule has 150 valence electrons. The van der Waals surface area contributed by atoms with Gasteiger partial charge in [-0.05, 0) is 30.7 Å². The number of methoxy groups -OCH3 is 1. The summed E-state index contributed by atoms with van der Waals surface area (Å²) in [5.41, 5.74) is 1.87. The van der Waals surface area contributed by atoms with E-state index in [2.05, 4.69) is 62.9 Å². The van der Waals surface area contributed by atoms with Crippen LogP contribution in [0.25, 0.3) is 0 Å². The van der Waals surface area contributed by atoms with Gasteiger partial charge in [-0.25, -0.2) is 0 Å². The first kappa shape index (κ1) is 23.2. The minimum atomic E-state index is 0.504. The summed E-state index contributed by atoms with van der Waals surface area (Å²) < 4.78 is 5.43. The molecule has 0 aliphatic heterocycles. The molecule has 0 aromatic heterocycles. The molecule has 0 amide bonds. The summed E-state index contributed by atoms with van der Waals surface area (Å²) in [6.45, 7) is 11.1. The van der Waals surface area contributed by atoms with Gasteiger partial charge in [0.15, 0.2) is 0 Å². The average Bonchev–Trinajstić information content (AvgIpc) is 2.59. The highest BCUT2D eigenvalue weighted by atomic mass is 16.5. The van der Waals surface area contributed by atoms with Crippen molar-refractivity contribution < 1.29 is 4.74 Å². The van der Waals surface area contributed by atoms with Crippen LogP contribution < -0.4 is 0 Å². The lowest BCUT2D eigenvalue weighted by Crippen LogP contribution is -2.34. The van der Waals surface area contributed by atoms with Crippen LogP contribution in [0.3, 0.4) is 0 Å². The number of hydrogen-bond acceptors (Lipinski definition) is 2. The largest absolute Gasteiger partial charge is 0.369 e. The summed E-state index contributed by atoms with van der Waals surface area (Å²) >= 11 is 0. The van der Waals surface area contributed by atoms with Crippen molar-refractivity contribution in [3.8, 4) is 0 Å². The lowest BCUT2D eigenvalue weighted by atomic mass is 9.89. The Balaban J connectivity index is 2.12. The van der Waals surface area contributed by atoms with E-state index in [1.807, 2.05) is 0 Å². The molecule has 0 heterocycles. The quantitative estimate of drug-likeness (QED) is 0.260.